The van der Waals surface area contributed by atoms with Crippen LogP contribution in [0.15, 0.2) is 18.2 Å². The van der Waals surface area contributed by atoms with Crippen LogP contribution in [0.4, 0.5) is 0 Å². The third-order valence-electron chi connectivity index (χ3n) is 2.80. The molecule has 2 rings (SSSR count). The van der Waals surface area contributed by atoms with E-state index in [1.807, 2.05) is 19.1 Å². The number of H-pyrrole nitrogens is 1. The minimum absolute atomic E-state index is 0.0246. The van der Waals surface area contributed by atoms with E-state index >= 15 is 0 Å². The van der Waals surface area contributed by atoms with Gasteiger partial charge in [-0.15, -0.1) is 0 Å². The van der Waals surface area contributed by atoms with Crippen LogP contribution < -0.4 is 9.47 Å². The summed E-state index contributed by atoms with van der Waals surface area (Å²) < 4.78 is 10.7. The van der Waals surface area contributed by atoms with Crippen molar-refractivity contribution in [3.63, 3.8) is 0 Å². The topological polar surface area (TPSA) is 84.4 Å². The number of hydrogen-bond acceptors (Lipinski definition) is 4. The predicted octanol–water partition coefficient (Wildman–Crippen LogP) is 2.10. The lowest BCUT2D eigenvalue weighted by molar-refractivity contribution is 0.0690. The van der Waals surface area contributed by atoms with Crippen molar-refractivity contribution >= 4 is 5.97 Å². The van der Waals surface area contributed by atoms with Crippen LogP contribution in [-0.2, 0) is 0 Å². The molecule has 0 radical (unpaired) electrons. The van der Waals surface area contributed by atoms with E-state index in [-0.39, 0.29) is 5.69 Å². The second kappa shape index (κ2) is 5.01. The zero-order valence-corrected chi connectivity index (χ0v) is 10.9. The number of benzene rings is 1. The molecule has 0 spiro atoms. The van der Waals surface area contributed by atoms with Crippen molar-refractivity contribution in [2.75, 3.05) is 14.2 Å². The smallest absolute Gasteiger partial charge is 0.353 e. The lowest BCUT2D eigenvalue weighted by atomic mass is 10.1. The Morgan fingerprint density at radius 2 is 1.95 bits per heavy atom. The lowest BCUT2D eigenvalue weighted by Crippen LogP contribution is -1.96. The summed E-state index contributed by atoms with van der Waals surface area (Å²) in [6.45, 7) is 1.90. The highest BCUT2D eigenvalue weighted by Crippen LogP contribution is 2.39. The highest BCUT2D eigenvalue weighted by Gasteiger charge is 2.17. The fourth-order valence-electron chi connectivity index (χ4n) is 1.89. The Balaban J connectivity index is 2.58. The van der Waals surface area contributed by atoms with E-state index in [2.05, 4.69) is 10.2 Å². The standard InChI is InChI=1S/C13H14N2O4/c1-7-4-5-8(12(19-3)11(7)18-2)9-6-10(13(16)17)15-14-9/h4-6H,1-3H3,(H,14,15)(H,16,17). The maximum atomic E-state index is 10.9. The number of carboxylic acid groups (broad SMARTS) is 1. The first-order valence-corrected chi connectivity index (χ1v) is 5.59. The molecule has 1 heterocycles. The first kappa shape index (κ1) is 12.9. The number of aryl methyl sites for hydroxylation is 1. The number of aromatic nitrogens is 2. The predicted molar refractivity (Wildman–Crippen MR) is 68.8 cm³/mol. The Hall–Kier alpha value is -2.50. The van der Waals surface area contributed by atoms with Gasteiger partial charge >= 0.3 is 5.97 Å². The molecule has 0 fully saturated rings. The van der Waals surface area contributed by atoms with Gasteiger partial charge in [0.05, 0.1) is 19.9 Å². The number of ether oxygens (including phenoxy) is 2. The Labute approximate surface area is 110 Å². The summed E-state index contributed by atoms with van der Waals surface area (Å²) >= 11 is 0. The summed E-state index contributed by atoms with van der Waals surface area (Å²) in [5.74, 6) is 0.0857. The molecule has 1 aromatic carbocycles. The van der Waals surface area contributed by atoms with Crippen molar-refractivity contribution in [1.29, 1.82) is 0 Å². The van der Waals surface area contributed by atoms with Gasteiger partial charge in [0.25, 0.3) is 0 Å². The van der Waals surface area contributed by atoms with E-state index < -0.39 is 5.97 Å². The van der Waals surface area contributed by atoms with E-state index in [1.165, 1.54) is 13.2 Å². The summed E-state index contributed by atoms with van der Waals surface area (Å²) in [7, 11) is 3.09. The Morgan fingerprint density at radius 3 is 2.47 bits per heavy atom. The summed E-state index contributed by atoms with van der Waals surface area (Å²) in [6, 6.07) is 5.14. The zero-order valence-electron chi connectivity index (χ0n) is 10.9. The maximum Gasteiger partial charge on any atom is 0.353 e. The lowest BCUT2D eigenvalue weighted by Gasteiger charge is -2.13. The number of rotatable bonds is 4. The van der Waals surface area contributed by atoms with Gasteiger partial charge in [-0.2, -0.15) is 5.10 Å². The number of methoxy groups -OCH3 is 2. The third kappa shape index (κ3) is 2.24. The molecule has 6 heteroatoms. The number of aromatic carboxylic acids is 1. The van der Waals surface area contributed by atoms with E-state index in [1.54, 1.807) is 7.11 Å². The summed E-state index contributed by atoms with van der Waals surface area (Å²) in [5.41, 5.74) is 2.12. The molecule has 0 unspecified atom stereocenters. The largest absolute Gasteiger partial charge is 0.493 e. The van der Waals surface area contributed by atoms with Gasteiger partial charge in [0.2, 0.25) is 0 Å². The van der Waals surface area contributed by atoms with Crippen LogP contribution in [-0.4, -0.2) is 35.5 Å². The van der Waals surface area contributed by atoms with Crippen molar-refractivity contribution in [2.24, 2.45) is 0 Å². The Morgan fingerprint density at radius 1 is 1.26 bits per heavy atom. The highest BCUT2D eigenvalue weighted by molar-refractivity contribution is 5.87. The second-order valence-corrected chi connectivity index (χ2v) is 3.97. The van der Waals surface area contributed by atoms with E-state index in [0.29, 0.717) is 22.8 Å². The molecule has 100 valence electrons. The van der Waals surface area contributed by atoms with E-state index in [9.17, 15) is 4.79 Å². The number of nitrogens with one attached hydrogen (secondary N) is 1. The first-order chi connectivity index (χ1) is 9.08. The van der Waals surface area contributed by atoms with Crippen LogP contribution in [0.5, 0.6) is 11.5 Å². The van der Waals surface area contributed by atoms with Crippen LogP contribution in [0.2, 0.25) is 0 Å². The summed E-state index contributed by atoms with van der Waals surface area (Å²) in [6.07, 6.45) is 0. The van der Waals surface area contributed by atoms with Crippen molar-refractivity contribution in [3.05, 3.63) is 29.5 Å². The SMILES string of the molecule is COc1c(C)ccc(-c2cc(C(=O)O)[nH]n2)c1OC. The third-order valence-corrected chi connectivity index (χ3v) is 2.80. The molecule has 2 N–H and O–H groups in total. The van der Waals surface area contributed by atoms with Crippen LogP contribution in [0, 0.1) is 6.92 Å². The van der Waals surface area contributed by atoms with Gasteiger partial charge in [0, 0.05) is 5.56 Å². The molecule has 0 atom stereocenters. The molecule has 0 saturated heterocycles. The van der Waals surface area contributed by atoms with Crippen LogP contribution in [0.1, 0.15) is 16.1 Å². The van der Waals surface area contributed by atoms with Crippen LogP contribution in [0.3, 0.4) is 0 Å². The number of carbonyl (C=O) groups is 1. The molecule has 0 amide bonds. The van der Waals surface area contributed by atoms with Crippen molar-refractivity contribution in [3.8, 4) is 22.8 Å². The number of nitrogens with zero attached hydrogens (tertiary/aromatic N) is 1. The molecule has 0 saturated carbocycles. The van der Waals surface area contributed by atoms with Crippen molar-refractivity contribution in [2.45, 2.75) is 6.92 Å². The Kier molecular flexibility index (Phi) is 3.41. The first-order valence-electron chi connectivity index (χ1n) is 5.59. The Bertz CT molecular complexity index is 619. The monoisotopic (exact) mass is 262 g/mol. The van der Waals surface area contributed by atoms with Gasteiger partial charge in [0.1, 0.15) is 5.69 Å². The fourth-order valence-corrected chi connectivity index (χ4v) is 1.89. The van der Waals surface area contributed by atoms with Gasteiger partial charge in [-0.3, -0.25) is 5.10 Å². The highest BCUT2D eigenvalue weighted by atomic mass is 16.5. The molecule has 19 heavy (non-hydrogen) atoms. The van der Waals surface area contributed by atoms with E-state index in [0.717, 1.165) is 5.56 Å². The average Bonchev–Trinajstić information content (AvgIpc) is 2.87. The molecule has 0 aliphatic rings. The van der Waals surface area contributed by atoms with Gasteiger partial charge in [0.15, 0.2) is 11.5 Å². The molecular formula is C13H14N2O4. The molecule has 0 aliphatic heterocycles. The average molecular weight is 262 g/mol. The number of hydrogen-bond donors (Lipinski definition) is 2. The van der Waals surface area contributed by atoms with Gasteiger partial charge in [-0.05, 0) is 24.6 Å². The fraction of sp³-hybridized carbons (Fsp3) is 0.231. The molecule has 1 aromatic heterocycles. The normalized spacial score (nSPS) is 10.3. The van der Waals surface area contributed by atoms with E-state index in [4.69, 9.17) is 14.6 Å². The van der Waals surface area contributed by atoms with Crippen molar-refractivity contribution < 1.29 is 19.4 Å². The van der Waals surface area contributed by atoms with Crippen LogP contribution >= 0.6 is 0 Å². The van der Waals surface area contributed by atoms with Gasteiger partial charge < -0.3 is 14.6 Å². The molecule has 6 nitrogen and oxygen atoms in total. The minimum Gasteiger partial charge on any atom is -0.493 e. The molecule has 2 aromatic rings. The quantitative estimate of drug-likeness (QED) is 0.881. The summed E-state index contributed by atoms with van der Waals surface area (Å²) in [5, 5.41) is 15.3. The zero-order chi connectivity index (χ0) is 14.0. The number of aromatic amines is 1. The van der Waals surface area contributed by atoms with Gasteiger partial charge in [-0.25, -0.2) is 4.79 Å². The molecule has 0 bridgehead atoms. The van der Waals surface area contributed by atoms with Crippen LogP contribution in [0.25, 0.3) is 11.3 Å². The molecular weight excluding hydrogens is 248 g/mol. The van der Waals surface area contributed by atoms with Crippen molar-refractivity contribution in [1.82, 2.24) is 10.2 Å². The number of carboxylic acids is 1. The second-order valence-electron chi connectivity index (χ2n) is 3.97. The maximum absolute atomic E-state index is 10.9. The molecule has 0 aliphatic carbocycles. The van der Waals surface area contributed by atoms with Gasteiger partial charge in [-0.1, -0.05) is 6.07 Å². The minimum atomic E-state index is -1.06. The summed E-state index contributed by atoms with van der Waals surface area (Å²) in [4.78, 5) is 10.9.